The quantitative estimate of drug-likeness (QED) is 0.364. The van der Waals surface area contributed by atoms with E-state index in [2.05, 4.69) is 34.6 Å². The molecule has 0 bridgehead atoms. The molecule has 0 amide bonds. The van der Waals surface area contributed by atoms with Crippen molar-refractivity contribution < 1.29 is 0 Å². The van der Waals surface area contributed by atoms with Gasteiger partial charge in [-0.1, -0.05) is 92.4 Å². The molecular weight excluding hydrogens is 204 g/mol. The third-order valence-electron chi connectivity index (χ3n) is 4.17. The zero-order valence-electron chi connectivity index (χ0n) is 13.1. The molecule has 0 N–H and O–H groups in total. The van der Waals surface area contributed by atoms with Crippen LogP contribution in [0.2, 0.25) is 0 Å². The maximum absolute atomic E-state index is 2.42. The highest BCUT2D eigenvalue weighted by Crippen LogP contribution is 2.25. The minimum absolute atomic E-state index is 0.884. The summed E-state index contributed by atoms with van der Waals surface area (Å²) in [6.07, 6.45) is 12.8. The molecule has 0 aromatic carbocycles. The summed E-state index contributed by atoms with van der Waals surface area (Å²) in [4.78, 5) is 0. The summed E-state index contributed by atoms with van der Waals surface area (Å²) in [5, 5.41) is 0. The van der Waals surface area contributed by atoms with E-state index in [-0.39, 0.29) is 0 Å². The molecule has 0 spiro atoms. The summed E-state index contributed by atoms with van der Waals surface area (Å²) in [7, 11) is 0. The molecule has 0 aromatic heterocycles. The Kier molecular flexibility index (Phi) is 11.1. The molecule has 0 heteroatoms. The second kappa shape index (κ2) is 11.1. The van der Waals surface area contributed by atoms with E-state index in [9.17, 15) is 0 Å². The van der Waals surface area contributed by atoms with Gasteiger partial charge in [-0.25, -0.2) is 0 Å². The lowest BCUT2D eigenvalue weighted by molar-refractivity contribution is 0.312. The Bertz CT molecular complexity index is 148. The van der Waals surface area contributed by atoms with Gasteiger partial charge in [0.25, 0.3) is 0 Å². The first-order valence-corrected chi connectivity index (χ1v) is 8.11. The van der Waals surface area contributed by atoms with Gasteiger partial charge >= 0.3 is 0 Å². The maximum Gasteiger partial charge on any atom is -0.0391 e. The van der Waals surface area contributed by atoms with E-state index in [0.29, 0.717) is 0 Å². The number of unbranched alkanes of at least 4 members (excludes halogenated alkanes) is 2. The fourth-order valence-electron chi connectivity index (χ4n) is 2.81. The van der Waals surface area contributed by atoms with E-state index in [1.165, 1.54) is 57.8 Å². The van der Waals surface area contributed by atoms with Gasteiger partial charge in [0.2, 0.25) is 0 Å². The average Bonchev–Trinajstić information content (AvgIpc) is 2.28. The zero-order chi connectivity index (χ0) is 13.1. The molecule has 0 radical (unpaired) electrons. The van der Waals surface area contributed by atoms with E-state index < -0.39 is 0 Å². The topological polar surface area (TPSA) is 0 Å². The minimum Gasteiger partial charge on any atom is -0.0654 e. The van der Waals surface area contributed by atoms with Crippen molar-refractivity contribution in [3.05, 3.63) is 0 Å². The van der Waals surface area contributed by atoms with Crippen LogP contribution >= 0.6 is 0 Å². The van der Waals surface area contributed by atoms with Gasteiger partial charge in [0.05, 0.1) is 0 Å². The van der Waals surface area contributed by atoms with Gasteiger partial charge in [-0.05, 0) is 17.8 Å². The Hall–Kier alpha value is 0. The van der Waals surface area contributed by atoms with Crippen molar-refractivity contribution in [3.8, 4) is 0 Å². The fourth-order valence-corrected chi connectivity index (χ4v) is 2.81. The van der Waals surface area contributed by atoms with Gasteiger partial charge in [0.15, 0.2) is 0 Å². The Morgan fingerprint density at radius 2 is 1.24 bits per heavy atom. The molecule has 2 unspecified atom stereocenters. The highest BCUT2D eigenvalue weighted by molar-refractivity contribution is 4.64. The molecule has 0 nitrogen and oxygen atoms in total. The molecule has 0 aliphatic rings. The van der Waals surface area contributed by atoms with Gasteiger partial charge in [0, 0.05) is 0 Å². The molecule has 0 aliphatic heterocycles. The van der Waals surface area contributed by atoms with Crippen molar-refractivity contribution in [2.45, 2.75) is 92.4 Å². The van der Waals surface area contributed by atoms with Crippen molar-refractivity contribution in [2.24, 2.45) is 17.8 Å². The second-order valence-corrected chi connectivity index (χ2v) is 6.32. The van der Waals surface area contributed by atoms with Crippen LogP contribution in [-0.2, 0) is 0 Å². The molecular formula is C17H36. The third kappa shape index (κ3) is 9.68. The van der Waals surface area contributed by atoms with E-state index in [1.807, 2.05) is 0 Å². The van der Waals surface area contributed by atoms with Crippen molar-refractivity contribution in [1.82, 2.24) is 0 Å². The third-order valence-corrected chi connectivity index (χ3v) is 4.17. The molecule has 0 heterocycles. The zero-order valence-corrected chi connectivity index (χ0v) is 13.1. The van der Waals surface area contributed by atoms with E-state index in [0.717, 1.165) is 17.8 Å². The van der Waals surface area contributed by atoms with E-state index in [1.54, 1.807) is 0 Å². The summed E-state index contributed by atoms with van der Waals surface area (Å²) in [5.74, 6) is 2.82. The number of hydrogen-bond donors (Lipinski definition) is 0. The largest absolute Gasteiger partial charge is 0.0654 e. The molecule has 2 atom stereocenters. The molecule has 104 valence electrons. The van der Waals surface area contributed by atoms with Crippen LogP contribution < -0.4 is 0 Å². The summed E-state index contributed by atoms with van der Waals surface area (Å²) in [5.41, 5.74) is 0. The SMILES string of the molecule is CCCCC(CCCCC(C)CCC)C(C)C. The number of rotatable bonds is 11. The highest BCUT2D eigenvalue weighted by atomic mass is 14.2. The first-order chi connectivity index (χ1) is 8.11. The summed E-state index contributed by atoms with van der Waals surface area (Å²) in [6, 6.07) is 0. The Morgan fingerprint density at radius 1 is 0.647 bits per heavy atom. The molecule has 0 fully saturated rings. The van der Waals surface area contributed by atoms with Crippen LogP contribution in [0.3, 0.4) is 0 Å². The Balaban J connectivity index is 3.60. The van der Waals surface area contributed by atoms with Gasteiger partial charge in [0.1, 0.15) is 0 Å². The van der Waals surface area contributed by atoms with Crippen LogP contribution in [0.4, 0.5) is 0 Å². The Morgan fingerprint density at radius 3 is 1.76 bits per heavy atom. The van der Waals surface area contributed by atoms with E-state index >= 15 is 0 Å². The maximum atomic E-state index is 2.42. The van der Waals surface area contributed by atoms with Crippen molar-refractivity contribution in [2.75, 3.05) is 0 Å². The smallest absolute Gasteiger partial charge is 0.0391 e. The molecule has 0 aliphatic carbocycles. The van der Waals surface area contributed by atoms with Crippen LogP contribution in [0.25, 0.3) is 0 Å². The predicted octanol–water partition coefficient (Wildman–Crippen LogP) is 6.45. The van der Waals surface area contributed by atoms with Crippen LogP contribution in [0.1, 0.15) is 92.4 Å². The normalized spacial score (nSPS) is 15.2. The average molecular weight is 240 g/mol. The summed E-state index contributed by atoms with van der Waals surface area (Å²) < 4.78 is 0. The molecule has 17 heavy (non-hydrogen) atoms. The van der Waals surface area contributed by atoms with Crippen LogP contribution in [0.15, 0.2) is 0 Å². The number of hydrogen-bond acceptors (Lipinski definition) is 0. The van der Waals surface area contributed by atoms with Gasteiger partial charge in [-0.3, -0.25) is 0 Å². The lowest BCUT2D eigenvalue weighted by atomic mass is 9.85. The molecule has 0 saturated heterocycles. The van der Waals surface area contributed by atoms with Gasteiger partial charge in [-0.15, -0.1) is 0 Å². The fraction of sp³-hybridized carbons (Fsp3) is 1.00. The van der Waals surface area contributed by atoms with Gasteiger partial charge in [-0.2, -0.15) is 0 Å². The first kappa shape index (κ1) is 17.0. The highest BCUT2D eigenvalue weighted by Gasteiger charge is 2.12. The van der Waals surface area contributed by atoms with Crippen molar-refractivity contribution in [1.29, 1.82) is 0 Å². The van der Waals surface area contributed by atoms with E-state index in [4.69, 9.17) is 0 Å². The van der Waals surface area contributed by atoms with Crippen LogP contribution in [-0.4, -0.2) is 0 Å². The summed E-state index contributed by atoms with van der Waals surface area (Å²) >= 11 is 0. The molecule has 0 saturated carbocycles. The Labute approximate surface area is 111 Å². The van der Waals surface area contributed by atoms with Crippen LogP contribution in [0.5, 0.6) is 0 Å². The standard InChI is InChI=1S/C17H36/c1-6-8-13-17(15(3)4)14-10-9-12-16(5)11-7-2/h15-17H,6-14H2,1-5H3. The monoisotopic (exact) mass is 240 g/mol. The second-order valence-electron chi connectivity index (χ2n) is 6.32. The summed E-state index contributed by atoms with van der Waals surface area (Å²) in [6.45, 7) is 11.8. The van der Waals surface area contributed by atoms with Crippen LogP contribution in [0, 0.1) is 17.8 Å². The first-order valence-electron chi connectivity index (χ1n) is 8.11. The van der Waals surface area contributed by atoms with Crippen molar-refractivity contribution in [3.63, 3.8) is 0 Å². The minimum atomic E-state index is 0.884. The molecule has 0 rings (SSSR count). The van der Waals surface area contributed by atoms with Crippen molar-refractivity contribution >= 4 is 0 Å². The molecule has 0 aromatic rings. The predicted molar refractivity (Wildman–Crippen MR) is 80.4 cm³/mol. The van der Waals surface area contributed by atoms with Gasteiger partial charge < -0.3 is 0 Å². The lowest BCUT2D eigenvalue weighted by Gasteiger charge is -2.21. The lowest BCUT2D eigenvalue weighted by Crippen LogP contribution is -2.09.